The molecule has 1 unspecified atom stereocenters. The zero-order valence-corrected chi connectivity index (χ0v) is 12.2. The quantitative estimate of drug-likeness (QED) is 0.839. The second-order valence-corrected chi connectivity index (χ2v) is 6.03. The third-order valence-electron chi connectivity index (χ3n) is 2.95. The predicted molar refractivity (Wildman–Crippen MR) is 79.0 cm³/mol. The van der Waals surface area contributed by atoms with Crippen LogP contribution in [0, 0.1) is 5.41 Å². The van der Waals surface area contributed by atoms with Gasteiger partial charge in [-0.15, -0.1) is 0 Å². The molecular formula is C15H18ClN3. The van der Waals surface area contributed by atoms with Crippen LogP contribution in [0.25, 0.3) is 6.08 Å². The lowest BCUT2D eigenvalue weighted by molar-refractivity contribution is 0.274. The molecule has 0 fully saturated rings. The highest BCUT2D eigenvalue weighted by Gasteiger charge is 2.24. The van der Waals surface area contributed by atoms with Gasteiger partial charge in [0.15, 0.2) is 0 Å². The molecule has 0 aliphatic rings. The first-order valence-corrected chi connectivity index (χ1v) is 6.62. The molecule has 100 valence electrons. The van der Waals surface area contributed by atoms with E-state index in [0.717, 1.165) is 10.6 Å². The Labute approximate surface area is 118 Å². The van der Waals surface area contributed by atoms with Gasteiger partial charge in [-0.2, -0.15) is 5.10 Å². The number of rotatable bonds is 3. The van der Waals surface area contributed by atoms with Crippen LogP contribution in [0.2, 0.25) is 5.02 Å². The van der Waals surface area contributed by atoms with Gasteiger partial charge in [-0.1, -0.05) is 56.7 Å². The standard InChI is InChI=1S/C15H18ClN3/c1-15(2,3)14(19-11-17-10-18-19)9-6-12-4-7-13(16)8-5-12/h4-11,14H,1-3H3. The Kier molecular flexibility index (Phi) is 4.05. The van der Waals surface area contributed by atoms with Crippen molar-refractivity contribution in [2.75, 3.05) is 0 Å². The highest BCUT2D eigenvalue weighted by molar-refractivity contribution is 6.30. The Morgan fingerprint density at radius 3 is 2.42 bits per heavy atom. The number of halogens is 1. The topological polar surface area (TPSA) is 30.7 Å². The maximum absolute atomic E-state index is 5.88. The van der Waals surface area contributed by atoms with E-state index in [1.54, 1.807) is 12.7 Å². The largest absolute Gasteiger partial charge is 0.246 e. The molecule has 0 aliphatic carbocycles. The smallest absolute Gasteiger partial charge is 0.137 e. The fraction of sp³-hybridized carbons (Fsp3) is 0.333. The van der Waals surface area contributed by atoms with E-state index in [0.29, 0.717) is 0 Å². The van der Waals surface area contributed by atoms with Crippen molar-refractivity contribution in [3.05, 3.63) is 53.6 Å². The lowest BCUT2D eigenvalue weighted by Crippen LogP contribution is -2.23. The summed E-state index contributed by atoms with van der Waals surface area (Å²) < 4.78 is 1.88. The Hall–Kier alpha value is -1.61. The lowest BCUT2D eigenvalue weighted by Gasteiger charge is -2.27. The van der Waals surface area contributed by atoms with Crippen molar-refractivity contribution in [3.8, 4) is 0 Å². The highest BCUT2D eigenvalue weighted by Crippen LogP contribution is 2.31. The lowest BCUT2D eigenvalue weighted by atomic mass is 9.86. The van der Waals surface area contributed by atoms with Gasteiger partial charge < -0.3 is 0 Å². The van der Waals surface area contributed by atoms with Crippen LogP contribution in [0.4, 0.5) is 0 Å². The molecular weight excluding hydrogens is 258 g/mol. The number of hydrogen-bond acceptors (Lipinski definition) is 2. The molecule has 0 amide bonds. The second kappa shape index (κ2) is 5.57. The Bertz CT molecular complexity index is 536. The van der Waals surface area contributed by atoms with Gasteiger partial charge in [0, 0.05) is 5.02 Å². The van der Waals surface area contributed by atoms with Gasteiger partial charge in [0.05, 0.1) is 6.04 Å². The second-order valence-electron chi connectivity index (χ2n) is 5.60. The number of aromatic nitrogens is 3. The first-order valence-electron chi connectivity index (χ1n) is 6.25. The Morgan fingerprint density at radius 1 is 1.21 bits per heavy atom. The average Bonchev–Trinajstić information content (AvgIpc) is 2.83. The molecule has 0 bridgehead atoms. The minimum atomic E-state index is 0.0661. The molecule has 0 N–H and O–H groups in total. The van der Waals surface area contributed by atoms with Gasteiger partial charge in [-0.05, 0) is 23.1 Å². The minimum Gasteiger partial charge on any atom is -0.246 e. The van der Waals surface area contributed by atoms with Crippen molar-refractivity contribution in [2.45, 2.75) is 26.8 Å². The highest BCUT2D eigenvalue weighted by atomic mass is 35.5. The SMILES string of the molecule is CC(C)(C)C(C=Cc1ccc(Cl)cc1)n1cncn1. The molecule has 1 heterocycles. The van der Waals surface area contributed by atoms with E-state index in [1.807, 2.05) is 28.9 Å². The molecule has 2 aromatic rings. The number of allylic oxidation sites excluding steroid dienone is 1. The van der Waals surface area contributed by atoms with Gasteiger partial charge in [0.1, 0.15) is 12.7 Å². The molecule has 3 nitrogen and oxygen atoms in total. The Morgan fingerprint density at radius 2 is 1.89 bits per heavy atom. The summed E-state index contributed by atoms with van der Waals surface area (Å²) >= 11 is 5.88. The summed E-state index contributed by atoms with van der Waals surface area (Å²) in [5.74, 6) is 0. The molecule has 1 atom stereocenters. The van der Waals surface area contributed by atoms with Crippen molar-refractivity contribution < 1.29 is 0 Å². The van der Waals surface area contributed by atoms with Crippen molar-refractivity contribution >= 4 is 17.7 Å². The molecule has 1 aromatic heterocycles. The summed E-state index contributed by atoms with van der Waals surface area (Å²) in [6.07, 6.45) is 7.56. The van der Waals surface area contributed by atoms with Crippen LogP contribution in [0.1, 0.15) is 32.4 Å². The Balaban J connectivity index is 2.24. The molecule has 0 saturated heterocycles. The maximum atomic E-state index is 5.88. The van der Waals surface area contributed by atoms with Crippen LogP contribution in [0.5, 0.6) is 0 Å². The van der Waals surface area contributed by atoms with Crippen LogP contribution < -0.4 is 0 Å². The first kappa shape index (κ1) is 13.8. The third-order valence-corrected chi connectivity index (χ3v) is 3.20. The molecule has 2 rings (SSSR count). The van der Waals surface area contributed by atoms with Crippen LogP contribution in [0.3, 0.4) is 0 Å². The molecule has 0 spiro atoms. The normalized spacial score (nSPS) is 13.9. The minimum absolute atomic E-state index is 0.0661. The van der Waals surface area contributed by atoms with Gasteiger partial charge in [-0.25, -0.2) is 9.67 Å². The zero-order chi connectivity index (χ0) is 13.9. The summed E-state index contributed by atoms with van der Waals surface area (Å²) in [6, 6.07) is 7.94. The summed E-state index contributed by atoms with van der Waals surface area (Å²) in [5.41, 5.74) is 1.19. The number of benzene rings is 1. The van der Waals surface area contributed by atoms with Crippen molar-refractivity contribution in [1.82, 2.24) is 14.8 Å². The van der Waals surface area contributed by atoms with E-state index in [2.05, 4.69) is 43.0 Å². The molecule has 0 radical (unpaired) electrons. The van der Waals surface area contributed by atoms with Gasteiger partial charge in [0.2, 0.25) is 0 Å². The van der Waals surface area contributed by atoms with Gasteiger partial charge in [-0.3, -0.25) is 0 Å². The zero-order valence-electron chi connectivity index (χ0n) is 11.4. The summed E-state index contributed by atoms with van der Waals surface area (Å²) in [5, 5.41) is 4.99. The van der Waals surface area contributed by atoms with Gasteiger partial charge >= 0.3 is 0 Å². The average molecular weight is 276 g/mol. The van der Waals surface area contributed by atoms with Crippen molar-refractivity contribution in [1.29, 1.82) is 0 Å². The maximum Gasteiger partial charge on any atom is 0.137 e. The first-order chi connectivity index (χ1) is 8.97. The van der Waals surface area contributed by atoms with Gasteiger partial charge in [0.25, 0.3) is 0 Å². The van der Waals surface area contributed by atoms with Crippen LogP contribution in [0.15, 0.2) is 43.0 Å². The fourth-order valence-corrected chi connectivity index (χ4v) is 2.04. The van der Waals surface area contributed by atoms with Crippen molar-refractivity contribution in [2.24, 2.45) is 5.41 Å². The van der Waals surface area contributed by atoms with E-state index < -0.39 is 0 Å². The predicted octanol–water partition coefficient (Wildman–Crippen LogP) is 4.23. The number of hydrogen-bond donors (Lipinski definition) is 0. The van der Waals surface area contributed by atoms with E-state index in [-0.39, 0.29) is 11.5 Å². The molecule has 0 saturated carbocycles. The number of nitrogens with zero attached hydrogens (tertiary/aromatic N) is 3. The van der Waals surface area contributed by atoms with Crippen molar-refractivity contribution in [3.63, 3.8) is 0 Å². The van der Waals surface area contributed by atoms with E-state index in [4.69, 9.17) is 11.6 Å². The van der Waals surface area contributed by atoms with Crippen LogP contribution in [-0.4, -0.2) is 14.8 Å². The summed E-state index contributed by atoms with van der Waals surface area (Å²) in [4.78, 5) is 4.02. The van der Waals surface area contributed by atoms with Crippen LogP contribution >= 0.6 is 11.6 Å². The van der Waals surface area contributed by atoms with E-state index in [9.17, 15) is 0 Å². The van der Waals surface area contributed by atoms with E-state index >= 15 is 0 Å². The fourth-order valence-electron chi connectivity index (χ4n) is 1.91. The molecule has 4 heteroatoms. The third kappa shape index (κ3) is 3.67. The summed E-state index contributed by atoms with van der Waals surface area (Å²) in [6.45, 7) is 6.56. The summed E-state index contributed by atoms with van der Waals surface area (Å²) in [7, 11) is 0. The molecule has 19 heavy (non-hydrogen) atoms. The molecule has 1 aromatic carbocycles. The monoisotopic (exact) mass is 275 g/mol. The van der Waals surface area contributed by atoms with E-state index in [1.165, 1.54) is 0 Å². The van der Waals surface area contributed by atoms with Crippen LogP contribution in [-0.2, 0) is 0 Å². The molecule has 0 aliphatic heterocycles.